The highest BCUT2D eigenvalue weighted by Gasteiger charge is 2.41. The van der Waals surface area contributed by atoms with Crippen LogP contribution in [-0.4, -0.2) is 29.7 Å². The van der Waals surface area contributed by atoms with Crippen LogP contribution in [0.2, 0.25) is 5.02 Å². The highest BCUT2D eigenvalue weighted by Crippen LogP contribution is 2.35. The zero-order chi connectivity index (χ0) is 24.5. The third-order valence-electron chi connectivity index (χ3n) is 5.68. The molecule has 4 rings (SSSR count). The molecule has 1 atom stereocenters. The van der Waals surface area contributed by atoms with Crippen molar-refractivity contribution < 1.29 is 22.4 Å². The molecular weight excluding hydrogens is 470 g/mol. The average molecular weight is 490 g/mol. The van der Waals surface area contributed by atoms with Gasteiger partial charge in [0.25, 0.3) is 0 Å². The van der Waals surface area contributed by atoms with E-state index in [9.17, 15) is 22.4 Å². The molecule has 1 unspecified atom stereocenters. The first kappa shape index (κ1) is 23.8. The highest BCUT2D eigenvalue weighted by molar-refractivity contribution is 6.30. The molecule has 176 valence electrons. The molecule has 1 aliphatic heterocycles. The Hall–Kier alpha value is -3.39. The van der Waals surface area contributed by atoms with E-state index in [1.54, 1.807) is 17.1 Å². The van der Waals surface area contributed by atoms with Crippen molar-refractivity contribution in [2.45, 2.75) is 18.5 Å². The van der Waals surface area contributed by atoms with Crippen molar-refractivity contribution in [3.63, 3.8) is 0 Å². The second-order valence-electron chi connectivity index (χ2n) is 8.22. The van der Waals surface area contributed by atoms with Crippen molar-refractivity contribution in [3.05, 3.63) is 100 Å². The van der Waals surface area contributed by atoms with E-state index in [2.05, 4.69) is 10.4 Å². The Bertz CT molecular complexity index is 1230. The molecule has 0 bridgehead atoms. The minimum atomic E-state index is -4.81. The number of hydrogen-bond acceptors (Lipinski definition) is 3. The topological polar surface area (TPSA) is 44.7 Å². The first-order valence-electron chi connectivity index (χ1n) is 10.4. The van der Waals surface area contributed by atoms with Gasteiger partial charge < -0.3 is 5.32 Å². The van der Waals surface area contributed by atoms with E-state index in [-0.39, 0.29) is 12.2 Å². The van der Waals surface area contributed by atoms with Gasteiger partial charge in [-0.15, -0.1) is 0 Å². The fourth-order valence-electron chi connectivity index (χ4n) is 4.03. The number of rotatable bonds is 5. The molecule has 1 N–H and O–H groups in total. The number of amides is 1. The number of anilines is 1. The predicted molar refractivity (Wildman–Crippen MR) is 123 cm³/mol. The Morgan fingerprint density at radius 2 is 1.76 bits per heavy atom. The van der Waals surface area contributed by atoms with E-state index in [4.69, 9.17) is 11.6 Å². The molecule has 0 saturated heterocycles. The van der Waals surface area contributed by atoms with Crippen LogP contribution >= 0.6 is 11.6 Å². The van der Waals surface area contributed by atoms with E-state index in [0.717, 1.165) is 22.9 Å². The Morgan fingerprint density at radius 3 is 2.38 bits per heavy atom. The van der Waals surface area contributed by atoms with Gasteiger partial charge in [-0.3, -0.25) is 9.80 Å². The number of carbonyl (C=O) groups is 1. The summed E-state index contributed by atoms with van der Waals surface area (Å²) in [5.74, 6) is -1.98. The summed E-state index contributed by atoms with van der Waals surface area (Å²) in [4.78, 5) is 12.6. The first-order valence-corrected chi connectivity index (χ1v) is 10.8. The molecule has 4 nitrogen and oxygen atoms in total. The van der Waals surface area contributed by atoms with E-state index in [1.165, 1.54) is 0 Å². The second kappa shape index (κ2) is 9.10. The molecule has 9 heteroatoms. The number of carbonyl (C=O) groups excluding carboxylic acids is 1. The van der Waals surface area contributed by atoms with Gasteiger partial charge in [0.05, 0.1) is 23.2 Å². The Morgan fingerprint density at radius 1 is 1.09 bits per heavy atom. The predicted octanol–water partition coefficient (Wildman–Crippen LogP) is 6.11. The third-order valence-corrected chi connectivity index (χ3v) is 5.93. The largest absolute Gasteiger partial charge is 0.419 e. The first-order chi connectivity index (χ1) is 16.1. The van der Waals surface area contributed by atoms with E-state index >= 15 is 0 Å². The van der Waals surface area contributed by atoms with Crippen molar-refractivity contribution >= 4 is 28.9 Å². The Balaban J connectivity index is 1.56. The third kappa shape index (κ3) is 4.92. The van der Waals surface area contributed by atoms with Crippen molar-refractivity contribution in [3.8, 4) is 0 Å². The van der Waals surface area contributed by atoms with Crippen molar-refractivity contribution in [2.75, 3.05) is 18.4 Å². The van der Waals surface area contributed by atoms with Gasteiger partial charge >= 0.3 is 6.18 Å². The lowest BCUT2D eigenvalue weighted by atomic mass is 9.76. The van der Waals surface area contributed by atoms with Crippen LogP contribution in [-0.2, 0) is 16.4 Å². The number of benzene rings is 3. The maximum atomic E-state index is 13.8. The normalized spacial score (nSPS) is 18.1. The quantitative estimate of drug-likeness (QED) is 0.439. The summed E-state index contributed by atoms with van der Waals surface area (Å²) >= 11 is 6.03. The zero-order valence-electron chi connectivity index (χ0n) is 18.0. The van der Waals surface area contributed by atoms with Gasteiger partial charge in [-0.05, 0) is 48.4 Å². The van der Waals surface area contributed by atoms with E-state index < -0.39 is 28.9 Å². The van der Waals surface area contributed by atoms with Gasteiger partial charge in [0.1, 0.15) is 12.4 Å². The van der Waals surface area contributed by atoms with Crippen molar-refractivity contribution in [1.82, 2.24) is 5.01 Å². The maximum absolute atomic E-state index is 13.8. The molecule has 0 aliphatic carbocycles. The number of hydrogen-bond donors (Lipinski definition) is 1. The summed E-state index contributed by atoms with van der Waals surface area (Å²) in [7, 11) is 0. The molecule has 3 aromatic rings. The second-order valence-corrected chi connectivity index (χ2v) is 8.65. The van der Waals surface area contributed by atoms with Crippen molar-refractivity contribution in [1.29, 1.82) is 0 Å². The minimum Gasteiger partial charge on any atom is -0.324 e. The lowest BCUT2D eigenvalue weighted by Crippen LogP contribution is -2.38. The molecule has 0 radical (unpaired) electrons. The van der Waals surface area contributed by atoms with Gasteiger partial charge in [0.15, 0.2) is 0 Å². The van der Waals surface area contributed by atoms with Crippen LogP contribution in [0.25, 0.3) is 0 Å². The molecule has 0 aromatic heterocycles. The molecule has 0 fully saturated rings. The van der Waals surface area contributed by atoms with Gasteiger partial charge in [-0.2, -0.15) is 18.3 Å². The van der Waals surface area contributed by atoms with Crippen LogP contribution in [0.4, 0.5) is 23.2 Å². The van der Waals surface area contributed by atoms with Gasteiger partial charge in [0, 0.05) is 10.7 Å². The van der Waals surface area contributed by atoms with Crippen LogP contribution in [0.1, 0.15) is 23.6 Å². The molecule has 3 aromatic carbocycles. The van der Waals surface area contributed by atoms with Crippen LogP contribution < -0.4 is 5.32 Å². The molecule has 1 aliphatic rings. The van der Waals surface area contributed by atoms with Crippen molar-refractivity contribution in [2.24, 2.45) is 5.10 Å². The number of nitrogens with one attached hydrogen (secondary N) is 1. The molecule has 0 saturated carbocycles. The number of hydrazone groups is 1. The van der Waals surface area contributed by atoms with Gasteiger partial charge in [0.2, 0.25) is 5.91 Å². The summed E-state index contributed by atoms with van der Waals surface area (Å²) in [6, 6.07) is 19.3. The highest BCUT2D eigenvalue weighted by atomic mass is 35.5. The summed E-state index contributed by atoms with van der Waals surface area (Å²) in [6.07, 6.45) is -4.81. The fourth-order valence-corrected chi connectivity index (χ4v) is 4.15. The number of nitrogens with zero attached hydrogens (tertiary/aromatic N) is 2. The fraction of sp³-hybridized carbons (Fsp3) is 0.200. The van der Waals surface area contributed by atoms with Gasteiger partial charge in [-0.1, -0.05) is 54.1 Å². The lowest BCUT2D eigenvalue weighted by molar-refractivity contribution is -0.139. The van der Waals surface area contributed by atoms with Crippen LogP contribution in [0.3, 0.4) is 0 Å². The SMILES string of the molecule is CC1(c2ccccc2)CN(CC(=O)Nc2ccc(C(F)(F)F)c(F)c2)N=C1c1ccc(Cl)cc1. The molecular formula is C25H20ClF4N3O. The van der Waals surface area contributed by atoms with Crippen LogP contribution in [0.5, 0.6) is 0 Å². The van der Waals surface area contributed by atoms with E-state index in [0.29, 0.717) is 23.7 Å². The lowest BCUT2D eigenvalue weighted by Gasteiger charge is -2.27. The molecule has 0 spiro atoms. The maximum Gasteiger partial charge on any atom is 0.419 e. The van der Waals surface area contributed by atoms with Crippen LogP contribution in [0, 0.1) is 5.82 Å². The Labute approximate surface area is 198 Å². The standard InChI is InChI=1S/C25H20ClF4N3O/c1-24(17-5-3-2-4-6-17)15-33(32-23(24)16-7-9-18(26)10-8-16)14-22(34)31-19-11-12-20(21(27)13-19)25(28,29)30/h2-13H,14-15H2,1H3,(H,31,34). The molecule has 1 amide bonds. The number of halogens is 5. The summed E-state index contributed by atoms with van der Waals surface area (Å²) in [6.45, 7) is 2.25. The zero-order valence-corrected chi connectivity index (χ0v) is 18.8. The minimum absolute atomic E-state index is 0.0672. The summed E-state index contributed by atoms with van der Waals surface area (Å²) in [5.41, 5.74) is 0.627. The molecule has 1 heterocycles. The summed E-state index contributed by atoms with van der Waals surface area (Å²) < 4.78 is 52.2. The summed E-state index contributed by atoms with van der Waals surface area (Å²) in [5, 5.41) is 9.31. The van der Waals surface area contributed by atoms with Crippen LogP contribution in [0.15, 0.2) is 77.9 Å². The average Bonchev–Trinajstić information content (AvgIpc) is 3.11. The van der Waals surface area contributed by atoms with Gasteiger partial charge in [-0.25, -0.2) is 4.39 Å². The number of alkyl halides is 3. The Kier molecular flexibility index (Phi) is 6.36. The monoisotopic (exact) mass is 489 g/mol. The smallest absolute Gasteiger partial charge is 0.324 e. The molecule has 34 heavy (non-hydrogen) atoms. The van der Waals surface area contributed by atoms with E-state index in [1.807, 2.05) is 49.4 Å².